The molecule has 0 atom stereocenters. The molecular formula is C26H22ClN3O4. The topological polar surface area (TPSA) is 84.4 Å². The zero-order valence-corrected chi connectivity index (χ0v) is 19.3. The fraction of sp³-hybridized carbons (Fsp3) is 0.192. The van der Waals surface area contributed by atoms with Crippen molar-refractivity contribution < 1.29 is 9.53 Å². The number of hydrogen-bond donors (Lipinski definition) is 1. The number of amides is 1. The van der Waals surface area contributed by atoms with Gasteiger partial charge in [0.25, 0.3) is 0 Å². The van der Waals surface area contributed by atoms with E-state index in [2.05, 4.69) is 11.6 Å². The zero-order valence-electron chi connectivity index (χ0n) is 18.5. The lowest BCUT2D eigenvalue weighted by atomic mass is 9.97. The Kier molecular flexibility index (Phi) is 5.49. The van der Waals surface area contributed by atoms with Crippen molar-refractivity contribution >= 4 is 39.3 Å². The van der Waals surface area contributed by atoms with Crippen LogP contribution in [0, 0.1) is 5.92 Å². The number of H-pyrrole nitrogens is 1. The van der Waals surface area contributed by atoms with E-state index in [1.807, 2.05) is 36.4 Å². The highest BCUT2D eigenvalue weighted by Crippen LogP contribution is 2.38. The number of fused-ring (bicyclic) bond motifs is 2. The highest BCUT2D eigenvalue weighted by atomic mass is 35.5. The first-order chi connectivity index (χ1) is 16.4. The van der Waals surface area contributed by atoms with Gasteiger partial charge in [-0.15, -0.1) is 0 Å². The smallest absolute Gasteiger partial charge is 0.316 e. The Bertz CT molecular complexity index is 1580. The molecular weight excluding hydrogens is 454 g/mol. The van der Waals surface area contributed by atoms with Crippen LogP contribution in [0.1, 0.15) is 0 Å². The van der Waals surface area contributed by atoms with Crippen molar-refractivity contribution in [2.24, 2.45) is 5.92 Å². The van der Waals surface area contributed by atoms with E-state index < -0.39 is 11.1 Å². The minimum Gasteiger partial charge on any atom is -0.497 e. The number of hydrogen-bond acceptors (Lipinski definition) is 4. The minimum atomic E-state index is -0.699. The maximum absolute atomic E-state index is 12.7. The highest BCUT2D eigenvalue weighted by Gasteiger charge is 2.30. The Morgan fingerprint density at radius 2 is 1.94 bits per heavy atom. The van der Waals surface area contributed by atoms with E-state index >= 15 is 0 Å². The van der Waals surface area contributed by atoms with Gasteiger partial charge in [0.15, 0.2) is 0 Å². The number of nitrogens with one attached hydrogen (secondary N) is 1. The predicted molar refractivity (Wildman–Crippen MR) is 134 cm³/mol. The normalized spacial score (nSPS) is 13.8. The molecule has 7 nitrogen and oxygen atoms in total. The molecule has 0 saturated carbocycles. The van der Waals surface area contributed by atoms with Crippen molar-refractivity contribution in [1.82, 2.24) is 14.5 Å². The van der Waals surface area contributed by atoms with Crippen molar-refractivity contribution in [2.45, 2.75) is 6.54 Å². The number of rotatable bonds is 5. The lowest BCUT2D eigenvalue weighted by Crippen LogP contribution is -2.52. The van der Waals surface area contributed by atoms with Crippen LogP contribution in [0.25, 0.3) is 32.9 Å². The predicted octanol–water partition coefficient (Wildman–Crippen LogP) is 3.82. The number of aromatic amines is 1. The van der Waals surface area contributed by atoms with Gasteiger partial charge in [-0.1, -0.05) is 42.4 Å². The third kappa shape index (κ3) is 3.68. The maximum atomic E-state index is 12.7. The highest BCUT2D eigenvalue weighted by molar-refractivity contribution is 6.34. The number of ether oxygens (including phenoxy) is 1. The quantitative estimate of drug-likeness (QED) is 0.351. The van der Waals surface area contributed by atoms with Crippen molar-refractivity contribution in [3.05, 3.63) is 86.9 Å². The number of halogens is 1. The Morgan fingerprint density at radius 3 is 2.68 bits per heavy atom. The summed E-state index contributed by atoms with van der Waals surface area (Å²) in [4.78, 5) is 41.3. The monoisotopic (exact) mass is 475 g/mol. The van der Waals surface area contributed by atoms with E-state index in [4.69, 9.17) is 16.3 Å². The number of carbonyl (C=O) groups is 1. The molecule has 172 valence electrons. The van der Waals surface area contributed by atoms with Crippen LogP contribution >= 0.6 is 11.6 Å². The molecule has 0 bridgehead atoms. The second-order valence-electron chi connectivity index (χ2n) is 8.43. The lowest BCUT2D eigenvalue weighted by Gasteiger charge is -2.39. The van der Waals surface area contributed by atoms with Gasteiger partial charge < -0.3 is 19.2 Å². The average molecular weight is 476 g/mol. The number of carbonyl (C=O) groups excluding carboxylic acids is 1. The van der Waals surface area contributed by atoms with Crippen LogP contribution < -0.4 is 15.9 Å². The number of benzene rings is 3. The van der Waals surface area contributed by atoms with E-state index in [-0.39, 0.29) is 11.8 Å². The van der Waals surface area contributed by atoms with Crippen LogP contribution in [0.2, 0.25) is 5.02 Å². The van der Waals surface area contributed by atoms with Crippen molar-refractivity contribution in [3.8, 4) is 16.9 Å². The van der Waals surface area contributed by atoms with E-state index in [1.165, 1.54) is 10.6 Å². The first kappa shape index (κ1) is 22.0. The third-order valence-corrected chi connectivity index (χ3v) is 6.62. The molecule has 2 heterocycles. The summed E-state index contributed by atoms with van der Waals surface area (Å²) in [6.45, 7) is 4.83. The third-order valence-electron chi connectivity index (χ3n) is 6.31. The van der Waals surface area contributed by atoms with E-state index in [9.17, 15) is 14.4 Å². The van der Waals surface area contributed by atoms with Gasteiger partial charge >= 0.3 is 11.1 Å². The second-order valence-corrected chi connectivity index (χ2v) is 8.84. The molecule has 4 aromatic rings. The number of aromatic nitrogens is 2. The first-order valence-electron chi connectivity index (χ1n) is 10.8. The van der Waals surface area contributed by atoms with Gasteiger partial charge in [-0.25, -0.2) is 0 Å². The summed E-state index contributed by atoms with van der Waals surface area (Å²) in [7, 11) is 1.61. The van der Waals surface area contributed by atoms with Crippen molar-refractivity contribution in [3.63, 3.8) is 0 Å². The van der Waals surface area contributed by atoms with Crippen LogP contribution in [0.4, 0.5) is 0 Å². The number of nitrogens with zero attached hydrogens (tertiary/aromatic N) is 2. The average Bonchev–Trinajstić information content (AvgIpc) is 2.82. The molecule has 0 aliphatic carbocycles. The molecule has 1 aromatic heterocycles. The molecule has 1 fully saturated rings. The molecule has 1 amide bonds. The van der Waals surface area contributed by atoms with E-state index in [1.54, 1.807) is 24.1 Å². The fourth-order valence-electron chi connectivity index (χ4n) is 4.56. The molecule has 1 aliphatic heterocycles. The molecule has 8 heteroatoms. The number of methoxy groups -OCH3 is 1. The molecule has 0 spiro atoms. The molecule has 5 rings (SSSR count). The Hall–Kier alpha value is -3.84. The van der Waals surface area contributed by atoms with E-state index in [0.717, 1.165) is 21.9 Å². The lowest BCUT2D eigenvalue weighted by molar-refractivity contribution is -0.132. The molecule has 1 N–H and O–H groups in total. The summed E-state index contributed by atoms with van der Waals surface area (Å²) < 4.78 is 6.93. The van der Waals surface area contributed by atoms with Gasteiger partial charge in [0.05, 0.1) is 23.2 Å². The molecule has 34 heavy (non-hydrogen) atoms. The Balaban J connectivity index is 1.63. The van der Waals surface area contributed by atoms with Crippen LogP contribution in [-0.2, 0) is 11.3 Å². The summed E-state index contributed by atoms with van der Waals surface area (Å²) in [5.41, 5.74) is 1.29. The minimum absolute atomic E-state index is 0.0624. The maximum Gasteiger partial charge on any atom is 0.316 e. The molecule has 1 aliphatic rings. The summed E-state index contributed by atoms with van der Waals surface area (Å²) in [6.07, 6.45) is 1.27. The van der Waals surface area contributed by atoms with Gasteiger partial charge in [0.1, 0.15) is 5.75 Å². The largest absolute Gasteiger partial charge is 0.497 e. The van der Waals surface area contributed by atoms with Crippen LogP contribution in [0.5, 0.6) is 5.75 Å². The van der Waals surface area contributed by atoms with E-state index in [0.29, 0.717) is 41.4 Å². The van der Waals surface area contributed by atoms with Gasteiger partial charge in [-0.2, -0.15) is 0 Å². The first-order valence-corrected chi connectivity index (χ1v) is 11.2. The van der Waals surface area contributed by atoms with Gasteiger partial charge in [0, 0.05) is 31.1 Å². The summed E-state index contributed by atoms with van der Waals surface area (Å²) in [5, 5.41) is 2.43. The summed E-state index contributed by atoms with van der Waals surface area (Å²) in [6, 6.07) is 15.3. The standard InChI is InChI=1S/C26H22ClN3O4/c1-3-24(31)29-12-15(13-29)14-30-23-11-21(27)20(10-22(23)28-25(32)26(30)33)19-9-17(34-2)8-16-6-4-5-7-18(16)19/h3-11,15H,1,12-14H2,2H3,(H,28,32). The van der Waals surface area contributed by atoms with Gasteiger partial charge in [-0.05, 0) is 46.7 Å². The van der Waals surface area contributed by atoms with Crippen molar-refractivity contribution in [2.75, 3.05) is 20.2 Å². The zero-order chi connectivity index (χ0) is 24.0. The summed E-state index contributed by atoms with van der Waals surface area (Å²) >= 11 is 6.75. The SMILES string of the molecule is C=CC(=O)N1CC(Cn2c(=O)c(=O)[nH]c3cc(-c4cc(OC)cc5ccccc45)c(Cl)cc32)C1. The van der Waals surface area contributed by atoms with Crippen LogP contribution in [0.3, 0.4) is 0 Å². The number of likely N-dealkylation sites (tertiary alicyclic amines) is 1. The summed E-state index contributed by atoms with van der Waals surface area (Å²) in [5.74, 6) is 0.608. The molecule has 0 radical (unpaired) electrons. The second kappa shape index (κ2) is 8.50. The van der Waals surface area contributed by atoms with Crippen LogP contribution in [0.15, 0.2) is 70.8 Å². The van der Waals surface area contributed by atoms with Crippen molar-refractivity contribution in [1.29, 1.82) is 0 Å². The van der Waals surface area contributed by atoms with Crippen LogP contribution in [-0.4, -0.2) is 40.6 Å². The molecule has 0 unspecified atom stereocenters. The van der Waals surface area contributed by atoms with Gasteiger partial charge in [-0.3, -0.25) is 14.4 Å². The molecule has 1 saturated heterocycles. The Morgan fingerprint density at radius 1 is 1.18 bits per heavy atom. The molecule has 3 aromatic carbocycles. The van der Waals surface area contributed by atoms with Gasteiger partial charge in [0.2, 0.25) is 5.91 Å². The fourth-order valence-corrected chi connectivity index (χ4v) is 4.82. The Labute approximate surface area is 199 Å².